The molecule has 2 atom stereocenters. The average Bonchev–Trinajstić information content (AvgIpc) is 2.87. The summed E-state index contributed by atoms with van der Waals surface area (Å²) < 4.78 is 5.96. The molecule has 108 valence electrons. The van der Waals surface area contributed by atoms with Gasteiger partial charge in [-0.2, -0.15) is 11.8 Å². The predicted octanol–water partition coefficient (Wildman–Crippen LogP) is 2.46. The molecule has 0 aromatic carbocycles. The van der Waals surface area contributed by atoms with Gasteiger partial charge in [-0.15, -0.1) is 0 Å². The van der Waals surface area contributed by atoms with Crippen LogP contribution in [0.1, 0.15) is 19.3 Å². The third kappa shape index (κ3) is 2.73. The van der Waals surface area contributed by atoms with E-state index >= 15 is 0 Å². The molecule has 1 aromatic rings. The lowest BCUT2D eigenvalue weighted by Gasteiger charge is -2.38. The minimum atomic E-state index is -0.393. The topological polar surface area (TPSA) is 77.3 Å². The maximum Gasteiger partial charge on any atom is 0.310 e. The van der Waals surface area contributed by atoms with Gasteiger partial charge >= 0.3 is 5.69 Å². The zero-order valence-electron chi connectivity index (χ0n) is 11.1. The molecule has 0 aliphatic carbocycles. The van der Waals surface area contributed by atoms with E-state index in [9.17, 15) is 10.1 Å². The Balaban J connectivity index is 1.73. The molecular formula is C13H17N3O3S. The van der Waals surface area contributed by atoms with Gasteiger partial charge in [-0.25, -0.2) is 0 Å². The summed E-state index contributed by atoms with van der Waals surface area (Å²) in [5.41, 5.74) is 0.564. The summed E-state index contributed by atoms with van der Waals surface area (Å²) >= 11 is 1.92. The van der Waals surface area contributed by atoms with Gasteiger partial charge < -0.3 is 10.1 Å². The van der Waals surface area contributed by atoms with E-state index in [1.54, 1.807) is 12.3 Å². The Bertz CT molecular complexity index is 505. The van der Waals surface area contributed by atoms with Crippen LogP contribution in [0, 0.1) is 10.1 Å². The number of nitrogens with zero attached hydrogens (tertiary/aromatic N) is 2. The normalized spacial score (nSPS) is 29.5. The fourth-order valence-corrected chi connectivity index (χ4v) is 4.27. The summed E-state index contributed by atoms with van der Waals surface area (Å²) in [7, 11) is 0. The van der Waals surface area contributed by atoms with Crippen molar-refractivity contribution in [3.8, 4) is 0 Å². The first-order valence-electron chi connectivity index (χ1n) is 6.75. The monoisotopic (exact) mass is 295 g/mol. The van der Waals surface area contributed by atoms with Gasteiger partial charge in [0, 0.05) is 24.6 Å². The number of ether oxygens (including phenoxy) is 1. The van der Waals surface area contributed by atoms with E-state index in [4.69, 9.17) is 4.74 Å². The Morgan fingerprint density at radius 2 is 2.50 bits per heavy atom. The van der Waals surface area contributed by atoms with Crippen LogP contribution >= 0.6 is 11.8 Å². The second kappa shape index (κ2) is 5.57. The molecule has 2 aliphatic heterocycles. The first kappa shape index (κ1) is 13.6. The maximum absolute atomic E-state index is 11.0. The number of nitrogens with one attached hydrogen (secondary N) is 1. The minimum absolute atomic E-state index is 0.0254. The quantitative estimate of drug-likeness (QED) is 0.682. The van der Waals surface area contributed by atoms with Gasteiger partial charge in [0.15, 0.2) is 0 Å². The molecule has 7 heteroatoms. The minimum Gasteiger partial charge on any atom is -0.376 e. The first-order chi connectivity index (χ1) is 9.69. The van der Waals surface area contributed by atoms with Crippen molar-refractivity contribution in [1.29, 1.82) is 0 Å². The van der Waals surface area contributed by atoms with Gasteiger partial charge in [-0.3, -0.25) is 15.1 Å². The van der Waals surface area contributed by atoms with Gasteiger partial charge in [-0.05, 0) is 31.1 Å². The zero-order chi connectivity index (χ0) is 14.0. The van der Waals surface area contributed by atoms with Crippen molar-refractivity contribution in [3.05, 3.63) is 28.6 Å². The van der Waals surface area contributed by atoms with E-state index in [1.807, 2.05) is 11.8 Å². The van der Waals surface area contributed by atoms with Crippen molar-refractivity contribution >= 4 is 23.1 Å². The highest BCUT2D eigenvalue weighted by molar-refractivity contribution is 7.99. The molecule has 6 nitrogen and oxygen atoms in total. The molecule has 2 aliphatic rings. The third-order valence-electron chi connectivity index (χ3n) is 3.92. The molecule has 2 fully saturated rings. The van der Waals surface area contributed by atoms with E-state index in [0.717, 1.165) is 37.4 Å². The van der Waals surface area contributed by atoms with Crippen LogP contribution in [0.2, 0.25) is 0 Å². The third-order valence-corrected chi connectivity index (χ3v) is 5.14. The zero-order valence-corrected chi connectivity index (χ0v) is 11.9. The largest absolute Gasteiger partial charge is 0.376 e. The van der Waals surface area contributed by atoms with Crippen molar-refractivity contribution in [2.24, 2.45) is 0 Å². The summed E-state index contributed by atoms with van der Waals surface area (Å²) in [6, 6.07) is 1.90. The number of aromatic nitrogens is 1. The molecule has 1 N–H and O–H groups in total. The lowest BCUT2D eigenvalue weighted by molar-refractivity contribution is -0.384. The molecule has 1 spiro atoms. The molecule has 2 saturated heterocycles. The number of pyridine rings is 1. The highest BCUT2D eigenvalue weighted by Crippen LogP contribution is 2.39. The van der Waals surface area contributed by atoms with Crippen molar-refractivity contribution in [2.75, 3.05) is 23.4 Å². The van der Waals surface area contributed by atoms with E-state index in [2.05, 4.69) is 10.3 Å². The predicted molar refractivity (Wildman–Crippen MR) is 78.2 cm³/mol. The Hall–Kier alpha value is -1.34. The molecule has 0 bridgehead atoms. The first-order valence-corrected chi connectivity index (χ1v) is 7.91. The van der Waals surface area contributed by atoms with Crippen LogP contribution in [0.4, 0.5) is 11.4 Å². The molecule has 20 heavy (non-hydrogen) atoms. The van der Waals surface area contributed by atoms with Crippen LogP contribution in [0.3, 0.4) is 0 Å². The Morgan fingerprint density at radius 3 is 3.25 bits per heavy atom. The smallest absolute Gasteiger partial charge is 0.310 e. The van der Waals surface area contributed by atoms with E-state index in [1.165, 1.54) is 6.20 Å². The summed E-state index contributed by atoms with van der Waals surface area (Å²) in [6.45, 7) is 0.719. The Kier molecular flexibility index (Phi) is 3.80. The summed E-state index contributed by atoms with van der Waals surface area (Å²) in [6.07, 6.45) is 5.75. The van der Waals surface area contributed by atoms with Crippen molar-refractivity contribution in [1.82, 2.24) is 4.98 Å². The number of rotatable bonds is 3. The van der Waals surface area contributed by atoms with Crippen molar-refractivity contribution in [2.45, 2.75) is 30.9 Å². The second-order valence-electron chi connectivity index (χ2n) is 5.32. The van der Waals surface area contributed by atoms with E-state index < -0.39 is 4.92 Å². The SMILES string of the molecule is O=[N+]([O-])c1cnccc1N[C@H]1CCO[C@@]2(CCSC2)C1. The molecule has 3 heterocycles. The molecular weight excluding hydrogens is 278 g/mol. The van der Waals surface area contributed by atoms with E-state index in [0.29, 0.717) is 5.69 Å². The second-order valence-corrected chi connectivity index (χ2v) is 6.42. The standard InChI is InChI=1S/C13H17N3O3S/c17-16(18)12-8-14-4-1-11(12)15-10-2-5-19-13(7-10)3-6-20-9-13/h1,4,8,10H,2-3,5-7,9H2,(H,14,15)/t10-,13-/m0/s1. The number of thioether (sulfide) groups is 1. The van der Waals surface area contributed by atoms with Crippen LogP contribution in [0.15, 0.2) is 18.5 Å². The Morgan fingerprint density at radius 1 is 1.60 bits per heavy atom. The molecule has 0 saturated carbocycles. The van der Waals surface area contributed by atoms with Gasteiger partial charge in [0.2, 0.25) is 0 Å². The number of hydrogen-bond donors (Lipinski definition) is 1. The molecule has 1 aromatic heterocycles. The van der Waals surface area contributed by atoms with Crippen LogP contribution in [-0.4, -0.2) is 39.7 Å². The molecule has 0 amide bonds. The maximum atomic E-state index is 11.0. The number of anilines is 1. The fraction of sp³-hybridized carbons (Fsp3) is 0.615. The highest BCUT2D eigenvalue weighted by atomic mass is 32.2. The summed E-state index contributed by atoms with van der Waals surface area (Å²) in [4.78, 5) is 14.4. The fourth-order valence-electron chi connectivity index (χ4n) is 2.89. The lowest BCUT2D eigenvalue weighted by Crippen LogP contribution is -2.44. The lowest BCUT2D eigenvalue weighted by atomic mass is 9.90. The van der Waals surface area contributed by atoms with Crippen LogP contribution in [0.25, 0.3) is 0 Å². The Labute approximate surface area is 121 Å². The van der Waals surface area contributed by atoms with Crippen LogP contribution in [0.5, 0.6) is 0 Å². The van der Waals surface area contributed by atoms with E-state index in [-0.39, 0.29) is 17.3 Å². The molecule has 0 unspecified atom stereocenters. The number of nitro groups is 1. The number of hydrogen-bond acceptors (Lipinski definition) is 6. The molecule has 3 rings (SSSR count). The van der Waals surface area contributed by atoms with Crippen LogP contribution < -0.4 is 5.32 Å². The van der Waals surface area contributed by atoms with Gasteiger partial charge in [0.05, 0.1) is 10.5 Å². The summed E-state index contributed by atoms with van der Waals surface area (Å²) in [5.74, 6) is 2.17. The van der Waals surface area contributed by atoms with Crippen molar-refractivity contribution in [3.63, 3.8) is 0 Å². The van der Waals surface area contributed by atoms with Gasteiger partial charge in [0.1, 0.15) is 11.9 Å². The van der Waals surface area contributed by atoms with Crippen molar-refractivity contribution < 1.29 is 9.66 Å². The van der Waals surface area contributed by atoms with Crippen LogP contribution in [-0.2, 0) is 4.74 Å². The highest BCUT2D eigenvalue weighted by Gasteiger charge is 2.40. The molecule has 0 radical (unpaired) electrons. The van der Waals surface area contributed by atoms with Gasteiger partial charge in [0.25, 0.3) is 0 Å². The van der Waals surface area contributed by atoms with Gasteiger partial charge in [-0.1, -0.05) is 0 Å². The summed E-state index contributed by atoms with van der Waals surface area (Å²) in [5, 5.41) is 14.3. The average molecular weight is 295 g/mol.